The Morgan fingerprint density at radius 2 is 1.70 bits per heavy atom. The SMILES string of the molecule is CCOc1ccccc1C(=O)NCCCC(=O)N[C@@H](C)c1cccc2ccccc12. The minimum absolute atomic E-state index is 0.0283. The molecule has 30 heavy (non-hydrogen) atoms. The van der Waals surface area contributed by atoms with Gasteiger partial charge in [0.25, 0.3) is 5.91 Å². The Bertz CT molecular complexity index is 1010. The molecule has 2 N–H and O–H groups in total. The van der Waals surface area contributed by atoms with Crippen molar-refractivity contribution in [2.75, 3.05) is 13.2 Å². The maximum absolute atomic E-state index is 12.4. The second kappa shape index (κ2) is 10.4. The molecule has 0 unspecified atom stereocenters. The van der Waals surface area contributed by atoms with Crippen LogP contribution in [0.5, 0.6) is 5.75 Å². The van der Waals surface area contributed by atoms with Crippen molar-refractivity contribution in [3.63, 3.8) is 0 Å². The van der Waals surface area contributed by atoms with Crippen LogP contribution in [0.2, 0.25) is 0 Å². The van der Waals surface area contributed by atoms with Crippen molar-refractivity contribution in [3.8, 4) is 5.75 Å². The summed E-state index contributed by atoms with van der Waals surface area (Å²) in [6.07, 6.45) is 0.916. The van der Waals surface area contributed by atoms with Crippen molar-refractivity contribution < 1.29 is 14.3 Å². The molecule has 3 rings (SSSR count). The highest BCUT2D eigenvalue weighted by molar-refractivity contribution is 5.96. The third kappa shape index (κ3) is 5.38. The maximum Gasteiger partial charge on any atom is 0.255 e. The van der Waals surface area contributed by atoms with E-state index in [0.29, 0.717) is 37.3 Å². The van der Waals surface area contributed by atoms with E-state index in [1.165, 1.54) is 0 Å². The van der Waals surface area contributed by atoms with E-state index in [0.717, 1.165) is 16.3 Å². The van der Waals surface area contributed by atoms with Crippen molar-refractivity contribution in [1.82, 2.24) is 10.6 Å². The standard InChI is InChI=1S/C25H28N2O3/c1-3-30-23-15-7-6-13-22(23)25(29)26-17-9-16-24(28)27-18(2)20-14-8-11-19-10-4-5-12-21(19)20/h4-8,10-15,18H,3,9,16-17H2,1-2H3,(H,26,29)(H,27,28)/t18-/m0/s1. The number of ether oxygens (including phenoxy) is 1. The van der Waals surface area contributed by atoms with Crippen molar-refractivity contribution in [1.29, 1.82) is 0 Å². The van der Waals surface area contributed by atoms with Gasteiger partial charge in [-0.2, -0.15) is 0 Å². The number of hydrogen-bond acceptors (Lipinski definition) is 3. The number of rotatable bonds is 9. The van der Waals surface area contributed by atoms with Gasteiger partial charge >= 0.3 is 0 Å². The molecular weight excluding hydrogens is 376 g/mol. The van der Waals surface area contributed by atoms with Crippen LogP contribution in [0.25, 0.3) is 10.8 Å². The topological polar surface area (TPSA) is 67.4 Å². The summed E-state index contributed by atoms with van der Waals surface area (Å²) in [7, 11) is 0. The first kappa shape index (κ1) is 21.4. The molecule has 0 saturated heterocycles. The first-order chi connectivity index (χ1) is 14.6. The zero-order valence-electron chi connectivity index (χ0n) is 17.5. The van der Waals surface area contributed by atoms with Gasteiger partial charge in [-0.1, -0.05) is 54.6 Å². The van der Waals surface area contributed by atoms with Crippen LogP contribution in [0.1, 0.15) is 48.7 Å². The van der Waals surface area contributed by atoms with Gasteiger partial charge in [-0.15, -0.1) is 0 Å². The Kier molecular flexibility index (Phi) is 7.44. The summed E-state index contributed by atoms with van der Waals surface area (Å²) in [4.78, 5) is 24.8. The molecule has 0 aliphatic rings. The van der Waals surface area contributed by atoms with Gasteiger partial charge in [-0.3, -0.25) is 9.59 Å². The fraction of sp³-hybridized carbons (Fsp3) is 0.280. The molecule has 0 aliphatic carbocycles. The predicted octanol–water partition coefficient (Wildman–Crippen LogP) is 4.63. The molecule has 0 aliphatic heterocycles. The third-order valence-electron chi connectivity index (χ3n) is 4.97. The van der Waals surface area contributed by atoms with Crippen LogP contribution in [0.3, 0.4) is 0 Å². The molecule has 5 heteroatoms. The van der Waals surface area contributed by atoms with Crippen LogP contribution in [0.15, 0.2) is 66.7 Å². The van der Waals surface area contributed by atoms with Crippen LogP contribution < -0.4 is 15.4 Å². The average molecular weight is 405 g/mol. The predicted molar refractivity (Wildman–Crippen MR) is 120 cm³/mol. The molecule has 0 heterocycles. The van der Waals surface area contributed by atoms with Crippen LogP contribution in [0, 0.1) is 0 Å². The quantitative estimate of drug-likeness (QED) is 0.511. The normalized spacial score (nSPS) is 11.7. The lowest BCUT2D eigenvalue weighted by Gasteiger charge is -2.17. The number of benzene rings is 3. The van der Waals surface area contributed by atoms with Gasteiger partial charge in [0, 0.05) is 13.0 Å². The summed E-state index contributed by atoms with van der Waals surface area (Å²) in [6, 6.07) is 21.4. The molecule has 0 fully saturated rings. The molecule has 0 bridgehead atoms. The molecule has 2 amide bonds. The van der Waals surface area contributed by atoms with Crippen molar-refractivity contribution in [2.24, 2.45) is 0 Å². The zero-order chi connectivity index (χ0) is 21.3. The second-order valence-corrected chi connectivity index (χ2v) is 7.15. The van der Waals surface area contributed by atoms with E-state index in [9.17, 15) is 9.59 Å². The average Bonchev–Trinajstić information content (AvgIpc) is 2.76. The number of carbonyl (C=O) groups is 2. The lowest BCUT2D eigenvalue weighted by Crippen LogP contribution is -2.29. The van der Waals surface area contributed by atoms with Gasteiger partial charge in [0.05, 0.1) is 18.2 Å². The highest BCUT2D eigenvalue weighted by Gasteiger charge is 2.13. The van der Waals surface area contributed by atoms with Crippen molar-refractivity contribution in [2.45, 2.75) is 32.7 Å². The fourth-order valence-electron chi connectivity index (χ4n) is 3.50. The molecular formula is C25H28N2O3. The summed E-state index contributed by atoms with van der Waals surface area (Å²) in [5.41, 5.74) is 1.61. The summed E-state index contributed by atoms with van der Waals surface area (Å²) < 4.78 is 5.49. The first-order valence-corrected chi connectivity index (χ1v) is 10.4. The zero-order valence-corrected chi connectivity index (χ0v) is 17.5. The first-order valence-electron chi connectivity index (χ1n) is 10.4. The van der Waals surface area contributed by atoms with Gasteiger partial charge in [0.2, 0.25) is 5.91 Å². The molecule has 0 saturated carbocycles. The smallest absolute Gasteiger partial charge is 0.255 e. The van der Waals surface area contributed by atoms with Crippen LogP contribution in [0.4, 0.5) is 0 Å². The van der Waals surface area contributed by atoms with Gasteiger partial charge in [-0.05, 0) is 48.7 Å². The summed E-state index contributed by atoms with van der Waals surface area (Å²) in [5, 5.41) is 8.23. The maximum atomic E-state index is 12.4. The highest BCUT2D eigenvalue weighted by atomic mass is 16.5. The van der Waals surface area contributed by atoms with Gasteiger partial charge in [-0.25, -0.2) is 0 Å². The third-order valence-corrected chi connectivity index (χ3v) is 4.97. The number of para-hydroxylation sites is 1. The Hall–Kier alpha value is -3.34. The molecule has 3 aromatic rings. The fourth-order valence-corrected chi connectivity index (χ4v) is 3.50. The Balaban J connectivity index is 1.48. The van der Waals surface area contributed by atoms with Crippen LogP contribution >= 0.6 is 0 Å². The van der Waals surface area contributed by atoms with E-state index >= 15 is 0 Å². The van der Waals surface area contributed by atoms with Crippen LogP contribution in [-0.2, 0) is 4.79 Å². The highest BCUT2D eigenvalue weighted by Crippen LogP contribution is 2.24. The molecule has 156 valence electrons. The summed E-state index contributed by atoms with van der Waals surface area (Å²) in [6.45, 7) is 4.80. The number of carbonyl (C=O) groups excluding carboxylic acids is 2. The number of fused-ring (bicyclic) bond motifs is 1. The van der Waals surface area contributed by atoms with Gasteiger partial charge in [0.1, 0.15) is 5.75 Å². The van der Waals surface area contributed by atoms with E-state index in [-0.39, 0.29) is 17.9 Å². The van der Waals surface area contributed by atoms with Gasteiger partial charge in [0.15, 0.2) is 0 Å². The van der Waals surface area contributed by atoms with E-state index in [2.05, 4.69) is 28.8 Å². The monoisotopic (exact) mass is 404 g/mol. The Labute approximate surface area is 177 Å². The minimum atomic E-state index is -0.191. The minimum Gasteiger partial charge on any atom is -0.493 e. The van der Waals surface area contributed by atoms with Crippen molar-refractivity contribution >= 4 is 22.6 Å². The molecule has 1 atom stereocenters. The number of nitrogens with one attached hydrogen (secondary N) is 2. The van der Waals surface area contributed by atoms with Crippen molar-refractivity contribution in [3.05, 3.63) is 77.9 Å². The van der Waals surface area contributed by atoms with E-state index in [1.54, 1.807) is 18.2 Å². The van der Waals surface area contributed by atoms with E-state index in [1.807, 2.05) is 44.2 Å². The largest absolute Gasteiger partial charge is 0.493 e. The molecule has 3 aromatic carbocycles. The Morgan fingerprint density at radius 1 is 0.967 bits per heavy atom. The molecule has 0 spiro atoms. The lowest BCUT2D eigenvalue weighted by molar-refractivity contribution is -0.121. The van der Waals surface area contributed by atoms with Crippen LogP contribution in [-0.4, -0.2) is 25.0 Å². The van der Waals surface area contributed by atoms with E-state index in [4.69, 9.17) is 4.74 Å². The molecule has 0 aromatic heterocycles. The van der Waals surface area contributed by atoms with Gasteiger partial charge < -0.3 is 15.4 Å². The summed E-state index contributed by atoms with van der Waals surface area (Å²) in [5.74, 6) is 0.349. The summed E-state index contributed by atoms with van der Waals surface area (Å²) >= 11 is 0. The number of amides is 2. The second-order valence-electron chi connectivity index (χ2n) is 7.15. The number of hydrogen-bond donors (Lipinski definition) is 2. The molecule has 5 nitrogen and oxygen atoms in total. The molecule has 0 radical (unpaired) electrons. The lowest BCUT2D eigenvalue weighted by atomic mass is 9.99. The Morgan fingerprint density at radius 3 is 2.53 bits per heavy atom. The van der Waals surface area contributed by atoms with E-state index < -0.39 is 0 Å².